The molecule has 0 spiro atoms. The first-order valence-corrected chi connectivity index (χ1v) is 27.3. The molecule has 0 saturated carbocycles. The fraction of sp³-hybridized carbons (Fsp3) is 0.571. The summed E-state index contributed by atoms with van der Waals surface area (Å²) >= 11 is 0. The third-order valence-corrected chi connectivity index (χ3v) is 10.8. The molecule has 0 aromatic rings. The highest BCUT2D eigenvalue weighted by Gasteiger charge is 2.19. The standard InChI is InChI=1S/C63H98O6/c1-4-7-10-13-16-19-22-24-26-28-30-31-33-34-36-38-41-44-47-50-53-56-62(65)68-59-60(58-67-61(64)55-52-49-46-43-40-21-18-15-12-9-6-3)69-63(66)57-54-51-48-45-42-39-37-35-32-29-27-25-23-20-17-14-11-8-5-2/h7-8,10-11,15-20,24-27,30-32,34-36,39,41-42,44,60H,4-6,9,12-14,21-23,28-29,33,37-38,40,43,45-59H2,1-3H3/b10-7-,11-8-,18-15-,19-16-,20-17-,26-24-,27-25-,31-30-,35-32-,36-34-,42-39-,44-41-. The van der Waals surface area contributed by atoms with Crippen LogP contribution in [0.15, 0.2) is 146 Å². The lowest BCUT2D eigenvalue weighted by Crippen LogP contribution is -2.30. The van der Waals surface area contributed by atoms with Crippen molar-refractivity contribution in [2.75, 3.05) is 13.2 Å². The van der Waals surface area contributed by atoms with Crippen LogP contribution in [0.5, 0.6) is 0 Å². The fourth-order valence-corrected chi connectivity index (χ4v) is 6.74. The van der Waals surface area contributed by atoms with Gasteiger partial charge >= 0.3 is 17.9 Å². The van der Waals surface area contributed by atoms with Crippen LogP contribution in [-0.2, 0) is 28.6 Å². The minimum Gasteiger partial charge on any atom is -0.462 e. The number of unbranched alkanes of at least 4 members (excludes halogenated alkanes) is 12. The number of hydrogen-bond donors (Lipinski definition) is 0. The van der Waals surface area contributed by atoms with Crippen molar-refractivity contribution in [1.82, 2.24) is 0 Å². The Labute approximate surface area is 423 Å². The van der Waals surface area contributed by atoms with Gasteiger partial charge < -0.3 is 14.2 Å². The summed E-state index contributed by atoms with van der Waals surface area (Å²) < 4.78 is 16.7. The molecule has 6 nitrogen and oxygen atoms in total. The summed E-state index contributed by atoms with van der Waals surface area (Å²) in [5, 5.41) is 0. The van der Waals surface area contributed by atoms with Gasteiger partial charge in [0.1, 0.15) is 13.2 Å². The maximum Gasteiger partial charge on any atom is 0.306 e. The van der Waals surface area contributed by atoms with E-state index < -0.39 is 6.10 Å². The minimum atomic E-state index is -0.823. The third-order valence-electron chi connectivity index (χ3n) is 10.8. The van der Waals surface area contributed by atoms with Crippen molar-refractivity contribution in [1.29, 1.82) is 0 Å². The molecule has 0 aliphatic rings. The van der Waals surface area contributed by atoms with Gasteiger partial charge in [0.2, 0.25) is 0 Å². The first-order valence-electron chi connectivity index (χ1n) is 27.3. The van der Waals surface area contributed by atoms with Crippen molar-refractivity contribution < 1.29 is 28.6 Å². The second kappa shape index (κ2) is 55.9. The van der Waals surface area contributed by atoms with Crippen molar-refractivity contribution in [3.63, 3.8) is 0 Å². The summed E-state index contributed by atoms with van der Waals surface area (Å²) in [6.45, 7) is 6.28. The van der Waals surface area contributed by atoms with E-state index in [1.807, 2.05) is 0 Å². The predicted octanol–water partition coefficient (Wildman–Crippen LogP) is 18.4. The molecule has 1 unspecified atom stereocenters. The summed E-state index contributed by atoms with van der Waals surface area (Å²) in [4.78, 5) is 38.0. The molecule has 1 atom stereocenters. The van der Waals surface area contributed by atoms with Crippen LogP contribution < -0.4 is 0 Å². The number of allylic oxidation sites excluding steroid dienone is 24. The Bertz CT molecular complexity index is 1560. The topological polar surface area (TPSA) is 78.9 Å². The number of rotatable bonds is 47. The number of esters is 3. The molecule has 0 fully saturated rings. The van der Waals surface area contributed by atoms with Crippen LogP contribution in [0.2, 0.25) is 0 Å². The summed E-state index contributed by atoms with van der Waals surface area (Å²) in [7, 11) is 0. The van der Waals surface area contributed by atoms with Gasteiger partial charge in [-0.25, -0.2) is 0 Å². The normalized spacial score (nSPS) is 13.3. The maximum atomic E-state index is 12.8. The monoisotopic (exact) mass is 951 g/mol. The van der Waals surface area contributed by atoms with Crippen LogP contribution >= 0.6 is 0 Å². The zero-order valence-electron chi connectivity index (χ0n) is 44.0. The van der Waals surface area contributed by atoms with E-state index in [0.717, 1.165) is 135 Å². The molecule has 386 valence electrons. The first kappa shape index (κ1) is 64.3. The van der Waals surface area contributed by atoms with Gasteiger partial charge in [-0.3, -0.25) is 14.4 Å². The Kier molecular flexibility index (Phi) is 52.1. The Morgan fingerprint density at radius 3 is 0.942 bits per heavy atom. The molecular weight excluding hydrogens is 853 g/mol. The van der Waals surface area contributed by atoms with Gasteiger partial charge in [-0.1, -0.05) is 205 Å². The van der Waals surface area contributed by atoms with Crippen LogP contribution in [-0.4, -0.2) is 37.2 Å². The van der Waals surface area contributed by atoms with Crippen LogP contribution in [0.25, 0.3) is 0 Å². The average molecular weight is 951 g/mol. The van der Waals surface area contributed by atoms with E-state index >= 15 is 0 Å². The van der Waals surface area contributed by atoms with Crippen molar-refractivity contribution >= 4 is 17.9 Å². The lowest BCUT2D eigenvalue weighted by molar-refractivity contribution is -0.167. The predicted molar refractivity (Wildman–Crippen MR) is 297 cm³/mol. The number of ether oxygens (including phenoxy) is 3. The molecule has 0 aromatic heterocycles. The quantitative estimate of drug-likeness (QED) is 0.0262. The van der Waals surface area contributed by atoms with Gasteiger partial charge in [-0.05, 0) is 135 Å². The number of carbonyl (C=O) groups is 3. The van der Waals surface area contributed by atoms with E-state index in [9.17, 15) is 14.4 Å². The third kappa shape index (κ3) is 54.1. The van der Waals surface area contributed by atoms with Crippen LogP contribution in [0.1, 0.15) is 213 Å². The maximum absolute atomic E-state index is 12.8. The highest BCUT2D eigenvalue weighted by atomic mass is 16.6. The summed E-state index contributed by atoms with van der Waals surface area (Å²) in [6.07, 6.45) is 79.8. The van der Waals surface area contributed by atoms with Crippen LogP contribution in [0.4, 0.5) is 0 Å². The van der Waals surface area contributed by atoms with Gasteiger partial charge in [-0.15, -0.1) is 0 Å². The van der Waals surface area contributed by atoms with E-state index in [-0.39, 0.29) is 44.0 Å². The smallest absolute Gasteiger partial charge is 0.306 e. The van der Waals surface area contributed by atoms with Crippen molar-refractivity contribution in [2.45, 2.75) is 219 Å². The highest BCUT2D eigenvalue weighted by molar-refractivity contribution is 5.71. The average Bonchev–Trinajstić information content (AvgIpc) is 3.35. The molecular formula is C63H98O6. The van der Waals surface area contributed by atoms with Crippen LogP contribution in [0.3, 0.4) is 0 Å². The molecule has 0 bridgehead atoms. The van der Waals surface area contributed by atoms with Crippen LogP contribution in [0, 0.1) is 0 Å². The molecule has 0 aliphatic carbocycles. The Morgan fingerprint density at radius 2 is 0.565 bits per heavy atom. The molecule has 0 heterocycles. The van der Waals surface area contributed by atoms with E-state index in [0.29, 0.717) is 19.3 Å². The lowest BCUT2D eigenvalue weighted by atomic mass is 10.1. The summed E-state index contributed by atoms with van der Waals surface area (Å²) in [6, 6.07) is 0. The molecule has 0 rings (SSSR count). The highest BCUT2D eigenvalue weighted by Crippen LogP contribution is 2.12. The molecule has 6 heteroatoms. The SMILES string of the molecule is CC/C=C\C/C=C\C/C=C\C/C=C\C/C=C\C/C=C\CCCCC(=O)OCC(COC(=O)CCCCCCC/C=C\CCCC)OC(=O)CCCCC/C=C\C/C=C\C/C=C\C/C=C\C/C=C\CC. The Morgan fingerprint density at radius 1 is 0.304 bits per heavy atom. The Hall–Kier alpha value is -4.71. The minimum absolute atomic E-state index is 0.116. The zero-order valence-corrected chi connectivity index (χ0v) is 44.0. The van der Waals surface area contributed by atoms with Crippen molar-refractivity contribution in [3.05, 3.63) is 146 Å². The number of hydrogen-bond acceptors (Lipinski definition) is 6. The van der Waals surface area contributed by atoms with Crippen molar-refractivity contribution in [2.24, 2.45) is 0 Å². The fourth-order valence-electron chi connectivity index (χ4n) is 6.74. The van der Waals surface area contributed by atoms with Gasteiger partial charge in [-0.2, -0.15) is 0 Å². The van der Waals surface area contributed by atoms with Gasteiger partial charge in [0.25, 0.3) is 0 Å². The first-order chi connectivity index (χ1) is 34.0. The van der Waals surface area contributed by atoms with Crippen molar-refractivity contribution in [3.8, 4) is 0 Å². The summed E-state index contributed by atoms with van der Waals surface area (Å²) in [5.74, 6) is -1.01. The molecule has 0 amide bonds. The summed E-state index contributed by atoms with van der Waals surface area (Å²) in [5.41, 5.74) is 0. The van der Waals surface area contributed by atoms with E-state index in [1.165, 1.54) is 25.7 Å². The second-order valence-corrected chi connectivity index (χ2v) is 17.4. The van der Waals surface area contributed by atoms with E-state index in [1.54, 1.807) is 0 Å². The van der Waals surface area contributed by atoms with Gasteiger partial charge in [0, 0.05) is 19.3 Å². The molecule has 0 aliphatic heterocycles. The molecule has 0 saturated heterocycles. The largest absolute Gasteiger partial charge is 0.462 e. The molecule has 0 N–H and O–H groups in total. The Balaban J connectivity index is 4.54. The van der Waals surface area contributed by atoms with Gasteiger partial charge in [0.05, 0.1) is 0 Å². The molecule has 69 heavy (non-hydrogen) atoms. The second-order valence-electron chi connectivity index (χ2n) is 17.4. The zero-order chi connectivity index (χ0) is 50.0. The van der Waals surface area contributed by atoms with E-state index in [4.69, 9.17) is 14.2 Å². The molecule has 0 radical (unpaired) electrons. The van der Waals surface area contributed by atoms with E-state index in [2.05, 4.69) is 167 Å². The number of carbonyl (C=O) groups excluding carboxylic acids is 3. The lowest BCUT2D eigenvalue weighted by Gasteiger charge is -2.18. The molecule has 0 aromatic carbocycles. The van der Waals surface area contributed by atoms with Gasteiger partial charge in [0.15, 0.2) is 6.10 Å².